The number of rotatable bonds is 5. The minimum atomic E-state index is -0.523. The minimum Gasteiger partial charge on any atom is -0.350 e. The molecule has 0 saturated heterocycles. The second kappa shape index (κ2) is 6.29. The van der Waals surface area contributed by atoms with Gasteiger partial charge in [-0.25, -0.2) is 0 Å². The molecule has 0 aliphatic rings. The van der Waals surface area contributed by atoms with Gasteiger partial charge in [0.1, 0.15) is 5.92 Å². The van der Waals surface area contributed by atoms with E-state index in [-0.39, 0.29) is 5.91 Å². The lowest BCUT2D eigenvalue weighted by Crippen LogP contribution is -2.28. The minimum absolute atomic E-state index is 0.170. The number of hydrogen-bond acceptors (Lipinski definition) is 3. The number of aryl methyl sites for hydroxylation is 1. The van der Waals surface area contributed by atoms with E-state index in [1.54, 1.807) is 11.3 Å². The Morgan fingerprint density at radius 1 is 1.50 bits per heavy atom. The highest BCUT2D eigenvalue weighted by atomic mass is 32.1. The highest BCUT2D eigenvalue weighted by Crippen LogP contribution is 2.16. The van der Waals surface area contributed by atoms with Crippen LogP contribution >= 0.6 is 11.3 Å². The van der Waals surface area contributed by atoms with E-state index in [4.69, 9.17) is 5.26 Å². The summed E-state index contributed by atoms with van der Waals surface area (Å²) in [5, 5.41) is 11.5. The molecule has 0 fully saturated rings. The van der Waals surface area contributed by atoms with Crippen molar-refractivity contribution in [3.8, 4) is 6.07 Å². The van der Waals surface area contributed by atoms with E-state index in [1.165, 1.54) is 4.88 Å². The third kappa shape index (κ3) is 3.35. The van der Waals surface area contributed by atoms with Crippen molar-refractivity contribution in [3.05, 3.63) is 21.9 Å². The molecule has 0 aliphatic carbocycles. The summed E-state index contributed by atoms with van der Waals surface area (Å²) in [4.78, 5) is 14.0. The maximum absolute atomic E-state index is 11.5. The van der Waals surface area contributed by atoms with Gasteiger partial charge in [-0.05, 0) is 25.0 Å². The average Bonchev–Trinajstić information content (AvgIpc) is 2.76. The van der Waals surface area contributed by atoms with Gasteiger partial charge in [0.25, 0.3) is 0 Å². The first kappa shape index (κ1) is 12.7. The van der Waals surface area contributed by atoms with Crippen LogP contribution in [0.1, 0.15) is 30.0 Å². The molecular weight excluding hydrogens is 220 g/mol. The molecule has 0 bridgehead atoms. The van der Waals surface area contributed by atoms with Gasteiger partial charge >= 0.3 is 0 Å². The van der Waals surface area contributed by atoms with Crippen molar-refractivity contribution in [3.63, 3.8) is 0 Å². The molecule has 86 valence electrons. The number of thiophene rings is 1. The van der Waals surface area contributed by atoms with E-state index in [2.05, 4.69) is 18.3 Å². The quantitative estimate of drug-likeness (QED) is 0.854. The Hall–Kier alpha value is -1.34. The van der Waals surface area contributed by atoms with Crippen LogP contribution < -0.4 is 5.32 Å². The van der Waals surface area contributed by atoms with Crippen molar-refractivity contribution in [2.24, 2.45) is 5.92 Å². The molecule has 1 rings (SSSR count). The van der Waals surface area contributed by atoms with E-state index < -0.39 is 5.92 Å². The number of carbonyl (C=O) groups is 1. The van der Waals surface area contributed by atoms with Crippen LogP contribution in [0.4, 0.5) is 0 Å². The summed E-state index contributed by atoms with van der Waals surface area (Å²) < 4.78 is 0. The van der Waals surface area contributed by atoms with Crippen molar-refractivity contribution < 1.29 is 4.79 Å². The van der Waals surface area contributed by atoms with Crippen molar-refractivity contribution in [2.45, 2.75) is 33.2 Å². The highest BCUT2D eigenvalue weighted by molar-refractivity contribution is 7.11. The molecule has 16 heavy (non-hydrogen) atoms. The first-order chi connectivity index (χ1) is 7.71. The zero-order valence-corrected chi connectivity index (χ0v) is 10.4. The zero-order valence-electron chi connectivity index (χ0n) is 9.62. The SMILES string of the molecule is CCc1ccc(CNC(=O)C(C#N)CC)s1. The third-order valence-corrected chi connectivity index (χ3v) is 3.61. The van der Waals surface area contributed by atoms with Crippen LogP contribution in [0.3, 0.4) is 0 Å². The number of nitrogens with zero attached hydrogens (tertiary/aromatic N) is 1. The Morgan fingerprint density at radius 2 is 2.19 bits per heavy atom. The van der Waals surface area contributed by atoms with Gasteiger partial charge in [0, 0.05) is 9.75 Å². The van der Waals surface area contributed by atoms with Crippen molar-refractivity contribution in [1.29, 1.82) is 5.26 Å². The summed E-state index contributed by atoms with van der Waals surface area (Å²) in [6, 6.07) is 6.10. The number of nitriles is 1. The number of hydrogen-bond donors (Lipinski definition) is 1. The van der Waals surface area contributed by atoms with E-state index in [0.717, 1.165) is 11.3 Å². The third-order valence-electron chi connectivity index (χ3n) is 2.38. The zero-order chi connectivity index (χ0) is 12.0. The van der Waals surface area contributed by atoms with E-state index in [9.17, 15) is 4.79 Å². The summed E-state index contributed by atoms with van der Waals surface area (Å²) in [7, 11) is 0. The van der Waals surface area contributed by atoms with Gasteiger partial charge in [0.05, 0.1) is 12.6 Å². The van der Waals surface area contributed by atoms with Gasteiger partial charge in [0.15, 0.2) is 0 Å². The average molecular weight is 236 g/mol. The molecular formula is C12H16N2OS. The lowest BCUT2D eigenvalue weighted by atomic mass is 10.1. The topological polar surface area (TPSA) is 52.9 Å². The van der Waals surface area contributed by atoms with Crippen LogP contribution in [-0.2, 0) is 17.8 Å². The second-order valence-corrected chi connectivity index (χ2v) is 4.78. The Balaban J connectivity index is 2.45. The summed E-state index contributed by atoms with van der Waals surface area (Å²) in [5.41, 5.74) is 0. The predicted octanol–water partition coefficient (Wildman–Crippen LogP) is 2.48. The first-order valence-electron chi connectivity index (χ1n) is 5.46. The fraction of sp³-hybridized carbons (Fsp3) is 0.500. The molecule has 4 heteroatoms. The van der Waals surface area contributed by atoms with Gasteiger partial charge in [-0.2, -0.15) is 5.26 Å². The van der Waals surface area contributed by atoms with Crippen LogP contribution in [0.15, 0.2) is 12.1 Å². The Morgan fingerprint density at radius 3 is 2.69 bits per heavy atom. The smallest absolute Gasteiger partial charge is 0.237 e. The Labute approximate surface area is 100 Å². The summed E-state index contributed by atoms with van der Waals surface area (Å²) >= 11 is 1.70. The molecule has 1 heterocycles. The standard InChI is InChI=1S/C12H16N2OS/c1-3-9(7-13)12(15)14-8-11-6-5-10(4-2)16-11/h5-6,9H,3-4,8H2,1-2H3,(H,14,15). The van der Waals surface area contributed by atoms with Crippen LogP contribution in [0.5, 0.6) is 0 Å². The molecule has 0 spiro atoms. The van der Waals surface area contributed by atoms with Crippen LogP contribution in [-0.4, -0.2) is 5.91 Å². The molecule has 1 atom stereocenters. The molecule has 1 amide bonds. The van der Waals surface area contributed by atoms with E-state index in [1.807, 2.05) is 19.1 Å². The van der Waals surface area contributed by atoms with E-state index in [0.29, 0.717) is 13.0 Å². The van der Waals surface area contributed by atoms with Gasteiger partial charge in [-0.1, -0.05) is 13.8 Å². The first-order valence-corrected chi connectivity index (χ1v) is 6.27. The normalized spacial score (nSPS) is 11.8. The highest BCUT2D eigenvalue weighted by Gasteiger charge is 2.14. The fourth-order valence-corrected chi connectivity index (χ4v) is 2.24. The van der Waals surface area contributed by atoms with Gasteiger partial charge in [-0.15, -0.1) is 11.3 Å². The Kier molecular flexibility index (Phi) is 5.00. The van der Waals surface area contributed by atoms with Crippen LogP contribution in [0.25, 0.3) is 0 Å². The second-order valence-electron chi connectivity index (χ2n) is 3.53. The van der Waals surface area contributed by atoms with E-state index >= 15 is 0 Å². The largest absolute Gasteiger partial charge is 0.350 e. The molecule has 0 saturated carbocycles. The fourth-order valence-electron chi connectivity index (χ4n) is 1.34. The molecule has 0 radical (unpaired) electrons. The molecule has 3 nitrogen and oxygen atoms in total. The van der Waals surface area contributed by atoms with Crippen molar-refractivity contribution in [1.82, 2.24) is 5.32 Å². The number of carbonyl (C=O) groups excluding carboxylic acids is 1. The van der Waals surface area contributed by atoms with Crippen molar-refractivity contribution >= 4 is 17.2 Å². The summed E-state index contributed by atoms with van der Waals surface area (Å²) in [5.74, 6) is -0.693. The van der Waals surface area contributed by atoms with Crippen LogP contribution in [0, 0.1) is 17.2 Å². The maximum Gasteiger partial charge on any atom is 0.237 e. The summed E-state index contributed by atoms with van der Waals surface area (Å²) in [6.07, 6.45) is 1.58. The number of amides is 1. The number of nitrogens with one attached hydrogen (secondary N) is 1. The van der Waals surface area contributed by atoms with Gasteiger partial charge < -0.3 is 5.32 Å². The Bertz CT molecular complexity index is 392. The monoisotopic (exact) mass is 236 g/mol. The van der Waals surface area contributed by atoms with Gasteiger partial charge in [-0.3, -0.25) is 4.79 Å². The predicted molar refractivity (Wildman–Crippen MR) is 64.9 cm³/mol. The molecule has 0 aromatic carbocycles. The van der Waals surface area contributed by atoms with Crippen molar-refractivity contribution in [2.75, 3.05) is 0 Å². The lowest BCUT2D eigenvalue weighted by molar-refractivity contribution is -0.123. The molecule has 1 N–H and O–H groups in total. The summed E-state index contributed by atoms with van der Waals surface area (Å²) in [6.45, 7) is 4.48. The van der Waals surface area contributed by atoms with Gasteiger partial charge in [0.2, 0.25) is 5.91 Å². The molecule has 0 aliphatic heterocycles. The maximum atomic E-state index is 11.5. The molecule has 1 aromatic heterocycles. The lowest BCUT2D eigenvalue weighted by Gasteiger charge is -2.06. The molecule has 1 unspecified atom stereocenters. The van der Waals surface area contributed by atoms with Crippen LogP contribution in [0.2, 0.25) is 0 Å². The molecule has 1 aromatic rings.